The van der Waals surface area contributed by atoms with E-state index < -0.39 is 0 Å². The average molecular weight is 176 g/mol. The highest BCUT2D eigenvalue weighted by atomic mass is 32.1. The van der Waals surface area contributed by atoms with Crippen LogP contribution in [0.1, 0.15) is 38.5 Å². The number of hydrogen-bond acceptors (Lipinski definition) is 2. The summed E-state index contributed by atoms with van der Waals surface area (Å²) in [5.41, 5.74) is 0. The fourth-order valence-electron chi connectivity index (χ4n) is 1.47. The van der Waals surface area contributed by atoms with Gasteiger partial charge in [-0.2, -0.15) is 25.3 Å². The summed E-state index contributed by atoms with van der Waals surface area (Å²) >= 11 is 8.97. The Kier molecular flexibility index (Phi) is 4.00. The lowest BCUT2D eigenvalue weighted by atomic mass is 10.0. The molecule has 0 spiro atoms. The first-order valence-corrected chi connectivity index (χ1v) is 5.18. The molecule has 0 amide bonds. The minimum atomic E-state index is 0.667. The van der Waals surface area contributed by atoms with Gasteiger partial charge in [0, 0.05) is 10.5 Å². The lowest BCUT2D eigenvalue weighted by Gasteiger charge is -2.17. The summed E-state index contributed by atoms with van der Waals surface area (Å²) in [7, 11) is 0. The maximum atomic E-state index is 4.48. The number of thiol groups is 2. The van der Waals surface area contributed by atoms with E-state index in [1.54, 1.807) is 0 Å². The Hall–Kier alpha value is 0.700. The molecule has 0 saturated heterocycles. The van der Waals surface area contributed by atoms with Gasteiger partial charge in [0.1, 0.15) is 0 Å². The summed E-state index contributed by atoms with van der Waals surface area (Å²) in [4.78, 5) is 0. The quantitative estimate of drug-likeness (QED) is 0.521. The summed E-state index contributed by atoms with van der Waals surface area (Å²) in [5, 5.41) is 1.33. The third-order valence-corrected chi connectivity index (χ3v) is 3.18. The van der Waals surface area contributed by atoms with Gasteiger partial charge in [-0.1, -0.05) is 12.8 Å². The molecule has 0 nitrogen and oxygen atoms in total. The molecule has 1 fully saturated rings. The fourth-order valence-corrected chi connectivity index (χ4v) is 2.20. The molecule has 1 saturated carbocycles. The molecule has 2 heteroatoms. The van der Waals surface area contributed by atoms with Crippen molar-refractivity contribution >= 4 is 25.3 Å². The van der Waals surface area contributed by atoms with Crippen LogP contribution < -0.4 is 0 Å². The van der Waals surface area contributed by atoms with Crippen molar-refractivity contribution in [1.29, 1.82) is 0 Å². The second kappa shape index (κ2) is 4.55. The van der Waals surface area contributed by atoms with Crippen LogP contribution in [0.5, 0.6) is 0 Å². The third-order valence-electron chi connectivity index (χ3n) is 2.15. The zero-order valence-corrected chi connectivity index (χ0v) is 8.08. The van der Waals surface area contributed by atoms with Gasteiger partial charge in [-0.05, 0) is 25.7 Å². The van der Waals surface area contributed by atoms with Crippen LogP contribution in [-0.2, 0) is 0 Å². The highest BCUT2D eigenvalue weighted by molar-refractivity contribution is 7.81. The molecule has 0 radical (unpaired) electrons. The molecule has 0 aromatic rings. The second-order valence-corrected chi connectivity index (χ2v) is 4.63. The Bertz CT molecular complexity index is 73.3. The van der Waals surface area contributed by atoms with E-state index in [4.69, 9.17) is 0 Å². The summed E-state index contributed by atoms with van der Waals surface area (Å²) in [6, 6.07) is 0. The molecule has 10 heavy (non-hydrogen) atoms. The molecule has 0 aromatic carbocycles. The van der Waals surface area contributed by atoms with Crippen molar-refractivity contribution in [2.45, 2.75) is 49.0 Å². The topological polar surface area (TPSA) is 0 Å². The van der Waals surface area contributed by atoms with Gasteiger partial charge >= 0.3 is 0 Å². The molecule has 0 atom stereocenters. The average Bonchev–Trinajstić information content (AvgIpc) is 1.84. The summed E-state index contributed by atoms with van der Waals surface area (Å²) in [6.07, 6.45) is 7.81. The maximum absolute atomic E-state index is 4.48. The molecule has 0 aliphatic heterocycles. The molecule has 60 valence electrons. The van der Waals surface area contributed by atoms with Crippen LogP contribution in [-0.4, -0.2) is 10.5 Å². The SMILES string of the molecule is SC1CCCC(S)CCC1. The molecule has 0 bridgehead atoms. The molecule has 1 aliphatic rings. The minimum Gasteiger partial charge on any atom is -0.176 e. The van der Waals surface area contributed by atoms with Crippen LogP contribution in [0.3, 0.4) is 0 Å². The van der Waals surface area contributed by atoms with Gasteiger partial charge in [-0.3, -0.25) is 0 Å². The first kappa shape index (κ1) is 8.79. The predicted molar refractivity (Wildman–Crippen MR) is 53.3 cm³/mol. The lowest BCUT2D eigenvalue weighted by Crippen LogP contribution is -2.08. The molecule has 0 aromatic heterocycles. The molecular formula is C8H16S2. The van der Waals surface area contributed by atoms with Crippen molar-refractivity contribution in [3.8, 4) is 0 Å². The van der Waals surface area contributed by atoms with E-state index in [2.05, 4.69) is 25.3 Å². The Balaban J connectivity index is 2.21. The van der Waals surface area contributed by atoms with Gasteiger partial charge in [0.15, 0.2) is 0 Å². The standard InChI is InChI=1S/C8H16S2/c9-7-3-1-4-8(10)6-2-5-7/h7-10H,1-6H2. The largest absolute Gasteiger partial charge is 0.176 e. The monoisotopic (exact) mass is 176 g/mol. The summed E-state index contributed by atoms with van der Waals surface area (Å²) in [6.45, 7) is 0. The van der Waals surface area contributed by atoms with Crippen LogP contribution in [0.25, 0.3) is 0 Å². The van der Waals surface area contributed by atoms with E-state index in [0.29, 0.717) is 10.5 Å². The third kappa shape index (κ3) is 3.20. The van der Waals surface area contributed by atoms with E-state index in [1.165, 1.54) is 38.5 Å². The molecule has 1 rings (SSSR count). The minimum absolute atomic E-state index is 0.667. The number of rotatable bonds is 0. The fraction of sp³-hybridized carbons (Fsp3) is 1.00. The van der Waals surface area contributed by atoms with Crippen molar-refractivity contribution in [2.24, 2.45) is 0 Å². The molecule has 0 unspecified atom stereocenters. The first-order chi connectivity index (χ1) is 4.79. The highest BCUT2D eigenvalue weighted by Crippen LogP contribution is 2.23. The van der Waals surface area contributed by atoms with Gasteiger partial charge in [-0.15, -0.1) is 0 Å². The zero-order valence-electron chi connectivity index (χ0n) is 6.29. The van der Waals surface area contributed by atoms with Crippen molar-refractivity contribution in [3.63, 3.8) is 0 Å². The van der Waals surface area contributed by atoms with Crippen molar-refractivity contribution in [2.75, 3.05) is 0 Å². The molecule has 0 heterocycles. The van der Waals surface area contributed by atoms with Crippen molar-refractivity contribution in [3.05, 3.63) is 0 Å². The van der Waals surface area contributed by atoms with Crippen LogP contribution in [0.4, 0.5) is 0 Å². The second-order valence-electron chi connectivity index (χ2n) is 3.17. The smallest absolute Gasteiger partial charge is 0.00168 e. The van der Waals surface area contributed by atoms with Gasteiger partial charge in [0.2, 0.25) is 0 Å². The van der Waals surface area contributed by atoms with Crippen molar-refractivity contribution in [1.82, 2.24) is 0 Å². The summed E-state index contributed by atoms with van der Waals surface area (Å²) < 4.78 is 0. The van der Waals surface area contributed by atoms with Crippen molar-refractivity contribution < 1.29 is 0 Å². The Morgan fingerprint density at radius 1 is 0.700 bits per heavy atom. The van der Waals surface area contributed by atoms with E-state index >= 15 is 0 Å². The first-order valence-electron chi connectivity index (χ1n) is 4.15. The van der Waals surface area contributed by atoms with Crippen LogP contribution >= 0.6 is 25.3 Å². The van der Waals surface area contributed by atoms with Gasteiger partial charge in [-0.25, -0.2) is 0 Å². The van der Waals surface area contributed by atoms with E-state index in [9.17, 15) is 0 Å². The summed E-state index contributed by atoms with van der Waals surface area (Å²) in [5.74, 6) is 0. The van der Waals surface area contributed by atoms with Gasteiger partial charge in [0.05, 0.1) is 0 Å². The highest BCUT2D eigenvalue weighted by Gasteiger charge is 2.10. The predicted octanol–water partition coefficient (Wildman–Crippen LogP) is 2.94. The lowest BCUT2D eigenvalue weighted by molar-refractivity contribution is 0.525. The van der Waals surface area contributed by atoms with E-state index in [-0.39, 0.29) is 0 Å². The van der Waals surface area contributed by atoms with Gasteiger partial charge < -0.3 is 0 Å². The normalized spacial score (nSPS) is 36.6. The Morgan fingerprint density at radius 3 is 1.30 bits per heavy atom. The molecule has 1 aliphatic carbocycles. The van der Waals surface area contributed by atoms with Crippen LogP contribution in [0, 0.1) is 0 Å². The number of hydrogen-bond donors (Lipinski definition) is 2. The van der Waals surface area contributed by atoms with Gasteiger partial charge in [0.25, 0.3) is 0 Å². The Morgan fingerprint density at radius 2 is 1.00 bits per heavy atom. The Labute approximate surface area is 74.6 Å². The van der Waals surface area contributed by atoms with Crippen LogP contribution in [0.2, 0.25) is 0 Å². The molecular weight excluding hydrogens is 160 g/mol. The van der Waals surface area contributed by atoms with E-state index in [1.807, 2.05) is 0 Å². The zero-order chi connectivity index (χ0) is 7.40. The molecule has 0 N–H and O–H groups in total. The van der Waals surface area contributed by atoms with E-state index in [0.717, 1.165) is 0 Å². The maximum Gasteiger partial charge on any atom is 0.00168 e. The van der Waals surface area contributed by atoms with Crippen LogP contribution in [0.15, 0.2) is 0 Å².